The van der Waals surface area contributed by atoms with E-state index < -0.39 is 6.36 Å². The first kappa shape index (κ1) is 18.0. The number of halogens is 3. The molecule has 1 aromatic rings. The Kier molecular flexibility index (Phi) is 6.07. The van der Waals surface area contributed by atoms with Crippen LogP contribution in [0.3, 0.4) is 0 Å². The summed E-state index contributed by atoms with van der Waals surface area (Å²) >= 11 is 0. The second kappa shape index (κ2) is 8.08. The minimum absolute atomic E-state index is 0.103. The molecule has 2 aliphatic carbocycles. The molecule has 0 saturated heterocycles. The van der Waals surface area contributed by atoms with Crippen molar-refractivity contribution in [3.8, 4) is 5.75 Å². The summed E-state index contributed by atoms with van der Waals surface area (Å²) in [6.07, 6.45) is 8.48. The van der Waals surface area contributed by atoms with E-state index in [0.29, 0.717) is 0 Å². The number of hydrogen-bond donors (Lipinski definition) is 0. The summed E-state index contributed by atoms with van der Waals surface area (Å²) in [5, 5.41) is 1.28. The zero-order valence-electron chi connectivity index (χ0n) is 14.0. The van der Waals surface area contributed by atoms with Gasteiger partial charge in [-0.2, -0.15) is 0 Å². The maximum Gasteiger partial charge on any atom is 0.573 e. The minimum atomic E-state index is -4.61. The normalized spacial score (nSPS) is 21.2. The van der Waals surface area contributed by atoms with Gasteiger partial charge in [0.25, 0.3) is 0 Å². The van der Waals surface area contributed by atoms with Gasteiger partial charge in [0, 0.05) is 0 Å². The van der Waals surface area contributed by atoms with Crippen molar-refractivity contribution in [3.05, 3.63) is 24.3 Å². The largest absolute Gasteiger partial charge is 0.573 e. The van der Waals surface area contributed by atoms with Gasteiger partial charge in [0.1, 0.15) is 5.75 Å². The Balaban J connectivity index is 1.78. The molecular weight excluding hydrogens is 332 g/mol. The molecule has 0 aromatic heterocycles. The van der Waals surface area contributed by atoms with Crippen molar-refractivity contribution >= 4 is 13.2 Å². The summed E-state index contributed by atoms with van der Waals surface area (Å²) in [5.41, 5.74) is 1.51. The molecule has 24 heavy (non-hydrogen) atoms. The lowest BCUT2D eigenvalue weighted by atomic mass is 9.99. The third-order valence-corrected chi connectivity index (χ3v) is 8.81. The highest BCUT2D eigenvalue weighted by Crippen LogP contribution is 2.54. The van der Waals surface area contributed by atoms with Crippen LogP contribution >= 0.6 is 7.92 Å². The third kappa shape index (κ3) is 4.88. The van der Waals surface area contributed by atoms with E-state index in [9.17, 15) is 13.2 Å². The number of alkyl halides is 3. The number of rotatable bonds is 4. The molecule has 0 amide bonds. The zero-order chi connectivity index (χ0) is 17.0. The molecule has 2 aliphatic rings. The number of benzene rings is 1. The number of ether oxygens (including phenoxy) is 1. The Morgan fingerprint density at radius 2 is 1.21 bits per heavy atom. The van der Waals surface area contributed by atoms with Crippen molar-refractivity contribution < 1.29 is 17.9 Å². The van der Waals surface area contributed by atoms with Crippen LogP contribution in [0, 0.1) is 0 Å². The van der Waals surface area contributed by atoms with Crippen LogP contribution < -0.4 is 10.0 Å². The van der Waals surface area contributed by atoms with E-state index in [-0.39, 0.29) is 13.7 Å². The Labute approximate surface area is 143 Å². The molecule has 0 heterocycles. The zero-order valence-corrected chi connectivity index (χ0v) is 14.9. The molecule has 5 heteroatoms. The van der Waals surface area contributed by atoms with Gasteiger partial charge in [0.15, 0.2) is 0 Å². The predicted octanol–water partition coefficient (Wildman–Crippen LogP) is 6.36. The van der Waals surface area contributed by atoms with Crippen LogP contribution in [0.5, 0.6) is 5.75 Å². The van der Waals surface area contributed by atoms with E-state index in [2.05, 4.69) is 4.74 Å². The highest BCUT2D eigenvalue weighted by molar-refractivity contribution is 7.67. The molecular formula is C19H26F3OP. The molecule has 2 saturated carbocycles. The number of hydrogen-bond acceptors (Lipinski definition) is 1. The van der Waals surface area contributed by atoms with Gasteiger partial charge in [0.05, 0.1) is 0 Å². The quantitative estimate of drug-likeness (QED) is 0.569. The molecule has 0 N–H and O–H groups in total. The third-order valence-electron chi connectivity index (χ3n) is 5.30. The minimum Gasteiger partial charge on any atom is -0.406 e. The molecule has 1 aromatic carbocycles. The van der Waals surface area contributed by atoms with E-state index >= 15 is 0 Å². The molecule has 0 spiro atoms. The van der Waals surface area contributed by atoms with E-state index in [1.807, 2.05) is 12.1 Å². The second-order valence-electron chi connectivity index (χ2n) is 7.03. The van der Waals surface area contributed by atoms with Crippen molar-refractivity contribution in [2.45, 2.75) is 81.9 Å². The van der Waals surface area contributed by atoms with E-state index in [0.717, 1.165) is 11.3 Å². The summed E-state index contributed by atoms with van der Waals surface area (Å²) in [6.45, 7) is 0. The summed E-state index contributed by atoms with van der Waals surface area (Å²) in [7, 11) is -0.274. The monoisotopic (exact) mass is 358 g/mol. The second-order valence-corrected chi connectivity index (χ2v) is 9.82. The van der Waals surface area contributed by atoms with E-state index in [1.54, 1.807) is 0 Å². The van der Waals surface area contributed by atoms with E-state index in [1.165, 1.54) is 81.6 Å². The average molecular weight is 358 g/mol. The Bertz CT molecular complexity index is 484. The predicted molar refractivity (Wildman–Crippen MR) is 93.4 cm³/mol. The maximum atomic E-state index is 12.4. The summed E-state index contributed by atoms with van der Waals surface area (Å²) in [5.74, 6) is -0.103. The van der Waals surface area contributed by atoms with Gasteiger partial charge in [0.2, 0.25) is 0 Å². The Hall–Kier alpha value is -0.760. The first-order valence-electron chi connectivity index (χ1n) is 9.17. The van der Waals surface area contributed by atoms with Crippen LogP contribution in [0.2, 0.25) is 0 Å². The van der Waals surface area contributed by atoms with Crippen LogP contribution in [0.15, 0.2) is 24.3 Å². The molecule has 2 fully saturated rings. The first-order chi connectivity index (χ1) is 11.5. The highest BCUT2D eigenvalue weighted by Gasteiger charge is 2.33. The summed E-state index contributed by atoms with van der Waals surface area (Å²) in [4.78, 5) is 0. The van der Waals surface area contributed by atoms with Gasteiger partial charge in [-0.3, -0.25) is 0 Å². The van der Waals surface area contributed by atoms with Crippen LogP contribution in [0.4, 0.5) is 13.2 Å². The van der Waals surface area contributed by atoms with Crippen molar-refractivity contribution in [1.82, 2.24) is 0 Å². The Morgan fingerprint density at radius 1 is 0.750 bits per heavy atom. The van der Waals surface area contributed by atoms with Crippen LogP contribution in [0.25, 0.3) is 0 Å². The van der Waals surface area contributed by atoms with E-state index in [4.69, 9.17) is 0 Å². The molecule has 3 rings (SSSR count). The fourth-order valence-electron chi connectivity index (χ4n) is 4.26. The highest BCUT2D eigenvalue weighted by atomic mass is 31.1. The van der Waals surface area contributed by atoms with Crippen molar-refractivity contribution in [2.75, 3.05) is 0 Å². The van der Waals surface area contributed by atoms with Gasteiger partial charge in [-0.25, -0.2) is 0 Å². The molecule has 134 valence electrons. The first-order valence-corrected chi connectivity index (χ1v) is 10.6. The lowest BCUT2D eigenvalue weighted by Crippen LogP contribution is -2.26. The van der Waals surface area contributed by atoms with Gasteiger partial charge in [-0.05, 0) is 54.4 Å². The summed E-state index contributed by atoms with van der Waals surface area (Å²) in [6, 6.07) is 6.81. The standard InChI is InChI=1S/C19H26F3OP/c20-19(21,22)23-15-11-13-18(14-12-15)24(16-7-3-1-4-8-16)17-9-5-2-6-10-17/h11-14,16-17H,1-10H2. The van der Waals surface area contributed by atoms with Crippen LogP contribution in [-0.4, -0.2) is 17.7 Å². The lowest BCUT2D eigenvalue weighted by molar-refractivity contribution is -0.274. The maximum absolute atomic E-state index is 12.4. The molecule has 1 nitrogen and oxygen atoms in total. The smallest absolute Gasteiger partial charge is 0.406 e. The fraction of sp³-hybridized carbons (Fsp3) is 0.684. The molecule has 0 bridgehead atoms. The summed E-state index contributed by atoms with van der Waals surface area (Å²) < 4.78 is 41.1. The lowest BCUT2D eigenvalue weighted by Gasteiger charge is -2.38. The Morgan fingerprint density at radius 3 is 1.62 bits per heavy atom. The van der Waals surface area contributed by atoms with Crippen molar-refractivity contribution in [2.24, 2.45) is 0 Å². The van der Waals surface area contributed by atoms with Gasteiger partial charge >= 0.3 is 6.36 Å². The molecule has 0 atom stereocenters. The van der Waals surface area contributed by atoms with Crippen LogP contribution in [-0.2, 0) is 0 Å². The van der Waals surface area contributed by atoms with Crippen LogP contribution in [0.1, 0.15) is 64.2 Å². The van der Waals surface area contributed by atoms with Gasteiger partial charge < -0.3 is 4.74 Å². The SMILES string of the molecule is FC(F)(F)Oc1ccc(P(C2CCCCC2)C2CCCCC2)cc1. The molecule has 0 radical (unpaired) electrons. The molecule has 0 aliphatic heterocycles. The average Bonchev–Trinajstić information content (AvgIpc) is 2.57. The van der Waals surface area contributed by atoms with Crippen molar-refractivity contribution in [3.63, 3.8) is 0 Å². The van der Waals surface area contributed by atoms with Gasteiger partial charge in [-0.15, -0.1) is 13.2 Å². The molecule has 0 unspecified atom stereocenters. The van der Waals surface area contributed by atoms with Gasteiger partial charge in [-0.1, -0.05) is 58.6 Å². The fourth-order valence-corrected chi connectivity index (χ4v) is 8.03. The van der Waals surface area contributed by atoms with Crippen molar-refractivity contribution in [1.29, 1.82) is 0 Å². The topological polar surface area (TPSA) is 9.23 Å².